The Balaban J connectivity index is 1.99. The summed E-state index contributed by atoms with van der Waals surface area (Å²) in [5.74, 6) is 0.125. The van der Waals surface area contributed by atoms with Gasteiger partial charge in [0.2, 0.25) is 5.91 Å². The van der Waals surface area contributed by atoms with Gasteiger partial charge in [0.05, 0.1) is 14.1 Å². The van der Waals surface area contributed by atoms with Crippen molar-refractivity contribution in [2.45, 2.75) is 116 Å². The van der Waals surface area contributed by atoms with Crippen LogP contribution < -0.4 is 5.43 Å². The largest absolute Gasteiger partial charge is 0.343 e. The van der Waals surface area contributed by atoms with Crippen molar-refractivity contribution in [3.8, 4) is 0 Å². The fourth-order valence-electron chi connectivity index (χ4n) is 4.32. The minimum absolute atomic E-state index is 0.00991. The number of carbonyl (C=O) groups excluding carboxylic acids is 2. The molecule has 1 rings (SSSR count). The van der Waals surface area contributed by atoms with Crippen LogP contribution in [0.4, 0.5) is 0 Å². The van der Waals surface area contributed by atoms with Gasteiger partial charge in [0.15, 0.2) is 0 Å². The molecule has 0 saturated carbocycles. The first-order valence-electron chi connectivity index (χ1n) is 12.9. The average Bonchev–Trinajstić information content (AvgIpc) is 2.73. The van der Waals surface area contributed by atoms with E-state index in [2.05, 4.69) is 12.3 Å². The Morgan fingerprint density at radius 3 is 1.77 bits per heavy atom. The lowest BCUT2D eigenvalue weighted by Gasteiger charge is -2.29. The molecule has 1 fully saturated rings. The molecule has 30 heavy (non-hydrogen) atoms. The lowest BCUT2D eigenvalue weighted by molar-refractivity contribution is -0.925. The van der Waals surface area contributed by atoms with Gasteiger partial charge in [-0.1, -0.05) is 71.1 Å². The smallest absolute Gasteiger partial charge is 0.265 e. The first-order valence-corrected chi connectivity index (χ1v) is 12.9. The molecule has 1 aliphatic rings. The molecular formula is C25H50N3O2+. The monoisotopic (exact) mass is 424 g/mol. The van der Waals surface area contributed by atoms with Crippen molar-refractivity contribution in [2.24, 2.45) is 0 Å². The van der Waals surface area contributed by atoms with Crippen molar-refractivity contribution in [2.75, 3.05) is 33.7 Å². The zero-order valence-electron chi connectivity index (χ0n) is 20.4. The molecule has 1 heterocycles. The summed E-state index contributed by atoms with van der Waals surface area (Å²) in [7, 11) is 4.09. The Labute approximate surface area is 186 Å². The van der Waals surface area contributed by atoms with E-state index in [1.807, 2.05) is 19.0 Å². The van der Waals surface area contributed by atoms with E-state index < -0.39 is 0 Å². The molecule has 5 heteroatoms. The standard InChI is InChI=1S/C25H49N3O2/c1-4-5-6-7-8-9-10-11-12-13-14-18-23-28(2,3)26-24(29)19-20-25(30)27-21-16-15-17-22-27/h4-23H2,1-3H3/p+1. The molecule has 0 unspecified atom stereocenters. The van der Waals surface area contributed by atoms with Gasteiger partial charge in [-0.2, -0.15) is 0 Å². The second kappa shape index (κ2) is 16.6. The number of nitrogens with zero attached hydrogens (tertiary/aromatic N) is 2. The summed E-state index contributed by atoms with van der Waals surface area (Å²) in [6.07, 6.45) is 20.2. The fourth-order valence-corrected chi connectivity index (χ4v) is 4.32. The van der Waals surface area contributed by atoms with Crippen LogP contribution in [0.5, 0.6) is 0 Å². The lowest BCUT2D eigenvalue weighted by atomic mass is 10.1. The van der Waals surface area contributed by atoms with Crippen LogP contribution in [0.2, 0.25) is 0 Å². The van der Waals surface area contributed by atoms with E-state index >= 15 is 0 Å². The molecule has 1 N–H and O–H groups in total. The number of rotatable bonds is 17. The summed E-state index contributed by atoms with van der Waals surface area (Å²) in [5.41, 5.74) is 3.08. The van der Waals surface area contributed by atoms with Crippen LogP contribution in [0.3, 0.4) is 0 Å². The highest BCUT2D eigenvalue weighted by molar-refractivity contribution is 5.83. The molecule has 0 bridgehead atoms. The topological polar surface area (TPSA) is 49.4 Å². The zero-order chi connectivity index (χ0) is 22.1. The van der Waals surface area contributed by atoms with Crippen LogP contribution in [0.25, 0.3) is 0 Å². The van der Waals surface area contributed by atoms with Gasteiger partial charge in [-0.25, -0.2) is 10.0 Å². The van der Waals surface area contributed by atoms with Gasteiger partial charge in [0.1, 0.15) is 6.54 Å². The first-order chi connectivity index (χ1) is 14.4. The fraction of sp³-hybridized carbons (Fsp3) is 0.920. The molecule has 0 radical (unpaired) electrons. The Morgan fingerprint density at radius 1 is 0.733 bits per heavy atom. The van der Waals surface area contributed by atoms with Gasteiger partial charge in [0, 0.05) is 25.9 Å². The summed E-state index contributed by atoms with van der Waals surface area (Å²) >= 11 is 0. The number of unbranched alkanes of at least 4 members (excludes halogenated alkanes) is 11. The molecule has 0 spiro atoms. The van der Waals surface area contributed by atoms with E-state index in [-0.39, 0.29) is 11.8 Å². The maximum Gasteiger partial charge on any atom is 0.265 e. The summed E-state index contributed by atoms with van der Waals surface area (Å²) in [5, 5.41) is 0. The Hall–Kier alpha value is -1.10. The van der Waals surface area contributed by atoms with Gasteiger partial charge in [-0.3, -0.25) is 9.59 Å². The highest BCUT2D eigenvalue weighted by Gasteiger charge is 2.21. The predicted molar refractivity (Wildman–Crippen MR) is 126 cm³/mol. The maximum absolute atomic E-state index is 12.3. The Morgan fingerprint density at radius 2 is 1.23 bits per heavy atom. The van der Waals surface area contributed by atoms with E-state index in [1.54, 1.807) is 0 Å². The molecule has 1 saturated heterocycles. The normalized spacial score (nSPS) is 14.7. The molecule has 0 aromatic heterocycles. The summed E-state index contributed by atoms with van der Waals surface area (Å²) in [6, 6.07) is 0. The quantitative estimate of drug-likeness (QED) is 0.188. The van der Waals surface area contributed by atoms with Gasteiger partial charge >= 0.3 is 0 Å². The number of hydrogen-bond donors (Lipinski definition) is 1. The van der Waals surface area contributed by atoms with Crippen molar-refractivity contribution >= 4 is 11.8 Å². The van der Waals surface area contributed by atoms with E-state index in [0.29, 0.717) is 17.4 Å². The average molecular weight is 425 g/mol. The highest BCUT2D eigenvalue weighted by Crippen LogP contribution is 2.13. The second-order valence-electron chi connectivity index (χ2n) is 9.77. The van der Waals surface area contributed by atoms with Gasteiger partial charge in [-0.15, -0.1) is 0 Å². The molecule has 2 amide bonds. The number of piperidine rings is 1. The van der Waals surface area contributed by atoms with Crippen molar-refractivity contribution < 1.29 is 14.2 Å². The Bertz CT molecular complexity index is 459. The number of hydrogen-bond acceptors (Lipinski definition) is 2. The number of carbonyl (C=O) groups is 2. The van der Waals surface area contributed by atoms with Gasteiger partial charge < -0.3 is 4.90 Å². The third-order valence-corrected chi connectivity index (χ3v) is 6.27. The number of quaternary nitrogens is 1. The van der Waals surface area contributed by atoms with Crippen LogP contribution in [0.15, 0.2) is 0 Å². The van der Waals surface area contributed by atoms with Crippen molar-refractivity contribution in [1.29, 1.82) is 0 Å². The molecule has 176 valence electrons. The molecule has 1 aliphatic heterocycles. The molecule has 0 atom stereocenters. The zero-order valence-corrected chi connectivity index (χ0v) is 20.4. The van der Waals surface area contributed by atoms with Crippen LogP contribution in [0, 0.1) is 0 Å². The summed E-state index contributed by atoms with van der Waals surface area (Å²) in [4.78, 5) is 26.4. The third-order valence-electron chi connectivity index (χ3n) is 6.27. The minimum Gasteiger partial charge on any atom is -0.343 e. The van der Waals surface area contributed by atoms with Crippen LogP contribution in [-0.4, -0.2) is 55.0 Å². The van der Waals surface area contributed by atoms with Crippen LogP contribution >= 0.6 is 0 Å². The van der Waals surface area contributed by atoms with E-state index in [9.17, 15) is 9.59 Å². The SMILES string of the molecule is CCCCCCCCCCCCCC[N+](C)(C)NC(=O)CCC(=O)N1CCCCC1. The highest BCUT2D eigenvalue weighted by atomic mass is 16.2. The lowest BCUT2D eigenvalue weighted by Crippen LogP contribution is -2.55. The Kier molecular flexibility index (Phi) is 14.9. The number of likely N-dealkylation sites (tertiary alicyclic amines) is 1. The second-order valence-corrected chi connectivity index (χ2v) is 9.77. The number of nitrogens with one attached hydrogen (secondary N) is 1. The minimum atomic E-state index is -0.00991. The number of amides is 2. The van der Waals surface area contributed by atoms with Crippen molar-refractivity contribution in [3.05, 3.63) is 0 Å². The third kappa shape index (κ3) is 14.0. The predicted octanol–water partition coefficient (Wildman–Crippen LogP) is 5.59. The van der Waals surface area contributed by atoms with Crippen molar-refractivity contribution in [3.63, 3.8) is 0 Å². The molecular weight excluding hydrogens is 374 g/mol. The van der Waals surface area contributed by atoms with Gasteiger partial charge in [-0.05, 0) is 32.1 Å². The van der Waals surface area contributed by atoms with E-state index in [1.165, 1.54) is 77.0 Å². The summed E-state index contributed by atoms with van der Waals surface area (Å²) < 4.78 is 0.508. The molecule has 5 nitrogen and oxygen atoms in total. The van der Waals surface area contributed by atoms with Gasteiger partial charge in [0.25, 0.3) is 5.91 Å². The molecule has 0 aromatic rings. The summed E-state index contributed by atoms with van der Waals surface area (Å²) in [6.45, 7) is 4.94. The maximum atomic E-state index is 12.3. The van der Waals surface area contributed by atoms with Crippen LogP contribution in [-0.2, 0) is 9.59 Å². The molecule has 0 aliphatic carbocycles. The van der Waals surface area contributed by atoms with E-state index in [4.69, 9.17) is 0 Å². The van der Waals surface area contributed by atoms with Crippen LogP contribution in [0.1, 0.15) is 116 Å². The van der Waals surface area contributed by atoms with E-state index in [0.717, 1.165) is 38.9 Å². The van der Waals surface area contributed by atoms with Crippen molar-refractivity contribution in [1.82, 2.24) is 10.3 Å². The first kappa shape index (κ1) is 26.9. The molecule has 0 aromatic carbocycles.